The molecule has 2 unspecified atom stereocenters. The molecule has 0 radical (unpaired) electrons. The third-order valence-corrected chi connectivity index (χ3v) is 5.04. The first kappa shape index (κ1) is 14.1. The summed E-state index contributed by atoms with van der Waals surface area (Å²) >= 11 is 0. The van der Waals surface area contributed by atoms with Crippen molar-refractivity contribution in [3.05, 3.63) is 35.4 Å². The molecule has 0 aromatic heterocycles. The first-order chi connectivity index (χ1) is 9.86. The second-order valence-corrected chi connectivity index (χ2v) is 6.52. The molecular weight excluding hydrogens is 244 g/mol. The number of nitrogens with zero attached hydrogens (tertiary/aromatic N) is 1. The summed E-state index contributed by atoms with van der Waals surface area (Å²) in [5.74, 6) is 0.908. The number of benzene rings is 1. The summed E-state index contributed by atoms with van der Waals surface area (Å²) in [4.78, 5) is 2.62. The molecule has 1 heterocycles. The molecule has 1 aliphatic heterocycles. The van der Waals surface area contributed by atoms with Crippen LogP contribution in [0, 0.1) is 5.92 Å². The first-order valence-corrected chi connectivity index (χ1v) is 8.39. The SMILES string of the molecule is CCCNC1CCCC1CCN1Cc2ccccc2C1. The molecule has 2 heteroatoms. The summed E-state index contributed by atoms with van der Waals surface area (Å²) in [5.41, 5.74) is 3.08. The van der Waals surface area contributed by atoms with E-state index in [4.69, 9.17) is 0 Å². The molecule has 3 rings (SSSR count). The Bertz CT molecular complexity index is 404. The predicted molar refractivity (Wildman–Crippen MR) is 84.6 cm³/mol. The van der Waals surface area contributed by atoms with Crippen LogP contribution in [-0.4, -0.2) is 24.0 Å². The molecule has 0 spiro atoms. The van der Waals surface area contributed by atoms with Gasteiger partial charge in [-0.05, 0) is 55.8 Å². The summed E-state index contributed by atoms with van der Waals surface area (Å²) in [6.45, 7) is 7.05. The molecule has 1 saturated carbocycles. The van der Waals surface area contributed by atoms with E-state index >= 15 is 0 Å². The fourth-order valence-corrected chi connectivity index (χ4v) is 3.89. The van der Waals surface area contributed by atoms with Crippen molar-refractivity contribution in [2.45, 2.75) is 58.2 Å². The lowest BCUT2D eigenvalue weighted by molar-refractivity contribution is 0.246. The van der Waals surface area contributed by atoms with Gasteiger partial charge in [-0.25, -0.2) is 0 Å². The Labute approximate surface area is 123 Å². The van der Waals surface area contributed by atoms with E-state index in [0.29, 0.717) is 0 Å². The Hall–Kier alpha value is -0.860. The normalized spacial score (nSPS) is 26.1. The van der Waals surface area contributed by atoms with Gasteiger partial charge in [0.1, 0.15) is 0 Å². The van der Waals surface area contributed by atoms with Crippen LogP contribution in [0.15, 0.2) is 24.3 Å². The number of rotatable bonds is 6. The lowest BCUT2D eigenvalue weighted by atomic mass is 9.99. The van der Waals surface area contributed by atoms with Crippen LogP contribution in [0.1, 0.15) is 50.2 Å². The Kier molecular flexibility index (Phi) is 4.74. The smallest absolute Gasteiger partial charge is 0.0240 e. The van der Waals surface area contributed by atoms with Crippen molar-refractivity contribution in [1.29, 1.82) is 0 Å². The minimum absolute atomic E-state index is 0.792. The molecule has 2 nitrogen and oxygen atoms in total. The standard InChI is InChI=1S/C18H28N2/c1-2-11-19-18-9-5-8-15(18)10-12-20-13-16-6-3-4-7-17(16)14-20/h3-4,6-7,15,18-19H,2,5,8-14H2,1H3. The maximum absolute atomic E-state index is 3.76. The average molecular weight is 272 g/mol. The highest BCUT2D eigenvalue weighted by molar-refractivity contribution is 5.30. The fourth-order valence-electron chi connectivity index (χ4n) is 3.89. The Balaban J connectivity index is 1.46. The number of fused-ring (bicyclic) bond motifs is 1. The van der Waals surface area contributed by atoms with E-state index in [0.717, 1.165) is 25.0 Å². The third-order valence-electron chi connectivity index (χ3n) is 5.04. The minimum atomic E-state index is 0.792. The van der Waals surface area contributed by atoms with Gasteiger partial charge < -0.3 is 5.32 Å². The lowest BCUT2D eigenvalue weighted by Crippen LogP contribution is -2.34. The molecule has 0 saturated heterocycles. The molecule has 1 fully saturated rings. The predicted octanol–water partition coefficient (Wildman–Crippen LogP) is 3.56. The van der Waals surface area contributed by atoms with E-state index in [1.807, 2.05) is 0 Å². The first-order valence-electron chi connectivity index (χ1n) is 8.39. The van der Waals surface area contributed by atoms with Gasteiger partial charge >= 0.3 is 0 Å². The molecular formula is C18H28N2. The van der Waals surface area contributed by atoms with Crippen molar-refractivity contribution in [3.8, 4) is 0 Å². The van der Waals surface area contributed by atoms with E-state index < -0.39 is 0 Å². The molecule has 1 aliphatic carbocycles. The minimum Gasteiger partial charge on any atom is -0.314 e. The molecule has 0 amide bonds. The monoisotopic (exact) mass is 272 g/mol. The van der Waals surface area contributed by atoms with E-state index in [-0.39, 0.29) is 0 Å². The van der Waals surface area contributed by atoms with Gasteiger partial charge in [-0.15, -0.1) is 0 Å². The van der Waals surface area contributed by atoms with Crippen LogP contribution < -0.4 is 5.32 Å². The van der Waals surface area contributed by atoms with Crippen LogP contribution in [0.25, 0.3) is 0 Å². The molecule has 1 aromatic rings. The van der Waals surface area contributed by atoms with Crippen molar-refractivity contribution in [1.82, 2.24) is 10.2 Å². The highest BCUT2D eigenvalue weighted by Gasteiger charge is 2.27. The summed E-state index contributed by atoms with van der Waals surface area (Å²) in [6, 6.07) is 9.71. The van der Waals surface area contributed by atoms with Gasteiger partial charge in [0.05, 0.1) is 0 Å². The van der Waals surface area contributed by atoms with Crippen molar-refractivity contribution in [2.24, 2.45) is 5.92 Å². The van der Waals surface area contributed by atoms with Crippen molar-refractivity contribution in [3.63, 3.8) is 0 Å². The van der Waals surface area contributed by atoms with Crippen molar-refractivity contribution >= 4 is 0 Å². The zero-order valence-electron chi connectivity index (χ0n) is 12.8. The summed E-state index contributed by atoms with van der Waals surface area (Å²) < 4.78 is 0. The molecule has 2 atom stereocenters. The third kappa shape index (κ3) is 3.24. The Morgan fingerprint density at radius 1 is 1.15 bits per heavy atom. The van der Waals surface area contributed by atoms with Gasteiger partial charge in [-0.1, -0.05) is 37.6 Å². The highest BCUT2D eigenvalue weighted by Crippen LogP contribution is 2.30. The molecule has 20 heavy (non-hydrogen) atoms. The van der Waals surface area contributed by atoms with Crippen molar-refractivity contribution in [2.75, 3.05) is 13.1 Å². The maximum atomic E-state index is 3.76. The molecule has 1 aromatic carbocycles. The van der Waals surface area contributed by atoms with E-state index in [1.54, 1.807) is 11.1 Å². The second kappa shape index (κ2) is 6.73. The molecule has 2 aliphatic rings. The fraction of sp³-hybridized carbons (Fsp3) is 0.667. The number of nitrogens with one attached hydrogen (secondary N) is 1. The van der Waals surface area contributed by atoms with Gasteiger partial charge in [-0.2, -0.15) is 0 Å². The van der Waals surface area contributed by atoms with Crippen LogP contribution >= 0.6 is 0 Å². The zero-order chi connectivity index (χ0) is 13.8. The maximum Gasteiger partial charge on any atom is 0.0240 e. The topological polar surface area (TPSA) is 15.3 Å². The Morgan fingerprint density at radius 3 is 2.60 bits per heavy atom. The number of hydrogen-bond acceptors (Lipinski definition) is 2. The van der Waals surface area contributed by atoms with Crippen LogP contribution in [0.4, 0.5) is 0 Å². The summed E-state index contributed by atoms with van der Waals surface area (Å²) in [7, 11) is 0. The zero-order valence-corrected chi connectivity index (χ0v) is 12.8. The average Bonchev–Trinajstić information content (AvgIpc) is 3.08. The van der Waals surface area contributed by atoms with Gasteiger partial charge in [0.25, 0.3) is 0 Å². The quantitative estimate of drug-likeness (QED) is 0.852. The van der Waals surface area contributed by atoms with Gasteiger partial charge in [0.2, 0.25) is 0 Å². The molecule has 0 bridgehead atoms. The van der Waals surface area contributed by atoms with Crippen LogP contribution in [-0.2, 0) is 13.1 Å². The van der Waals surface area contributed by atoms with Gasteiger partial charge in [0, 0.05) is 19.1 Å². The highest BCUT2D eigenvalue weighted by atomic mass is 15.1. The van der Waals surface area contributed by atoms with Gasteiger partial charge in [-0.3, -0.25) is 4.90 Å². The van der Waals surface area contributed by atoms with Crippen LogP contribution in [0.2, 0.25) is 0 Å². The molecule has 1 N–H and O–H groups in total. The second-order valence-electron chi connectivity index (χ2n) is 6.52. The lowest BCUT2D eigenvalue weighted by Gasteiger charge is -2.23. The number of hydrogen-bond donors (Lipinski definition) is 1. The summed E-state index contributed by atoms with van der Waals surface area (Å²) in [6.07, 6.45) is 6.87. The summed E-state index contributed by atoms with van der Waals surface area (Å²) in [5, 5.41) is 3.76. The van der Waals surface area contributed by atoms with E-state index in [1.165, 1.54) is 45.2 Å². The van der Waals surface area contributed by atoms with E-state index in [2.05, 4.69) is 41.4 Å². The Morgan fingerprint density at radius 2 is 1.90 bits per heavy atom. The largest absolute Gasteiger partial charge is 0.314 e. The van der Waals surface area contributed by atoms with E-state index in [9.17, 15) is 0 Å². The molecule has 110 valence electrons. The van der Waals surface area contributed by atoms with Crippen molar-refractivity contribution < 1.29 is 0 Å². The van der Waals surface area contributed by atoms with Gasteiger partial charge in [0.15, 0.2) is 0 Å². The van der Waals surface area contributed by atoms with Crippen LogP contribution in [0.3, 0.4) is 0 Å². The van der Waals surface area contributed by atoms with Crippen LogP contribution in [0.5, 0.6) is 0 Å².